The molecule has 2 N–H and O–H groups in total. The summed E-state index contributed by atoms with van der Waals surface area (Å²) in [6.07, 6.45) is 1.31. The molecular weight excluding hydrogens is 262 g/mol. The van der Waals surface area contributed by atoms with E-state index in [-0.39, 0.29) is 6.61 Å². The summed E-state index contributed by atoms with van der Waals surface area (Å²) in [5.41, 5.74) is -0.630. The predicted molar refractivity (Wildman–Crippen MR) is 71.6 cm³/mol. The van der Waals surface area contributed by atoms with E-state index in [1.807, 2.05) is 0 Å². The highest BCUT2D eigenvalue weighted by Crippen LogP contribution is 2.21. The molecule has 0 spiro atoms. The summed E-state index contributed by atoms with van der Waals surface area (Å²) in [6, 6.07) is 7.04. The van der Waals surface area contributed by atoms with E-state index in [4.69, 9.17) is 9.15 Å². The Hall–Kier alpha value is -2.34. The lowest BCUT2D eigenvalue weighted by Gasteiger charge is -2.24. The van der Waals surface area contributed by atoms with Crippen LogP contribution < -0.4 is 5.32 Å². The van der Waals surface area contributed by atoms with Crippen LogP contribution >= 0.6 is 0 Å². The number of methoxy groups -OCH3 is 1. The van der Waals surface area contributed by atoms with Crippen molar-refractivity contribution in [3.05, 3.63) is 36.1 Å². The topological polar surface area (TPSA) is 88.8 Å². The summed E-state index contributed by atoms with van der Waals surface area (Å²) in [6.45, 7) is 1.25. The average Bonchev–Trinajstić information content (AvgIpc) is 2.82. The number of nitrogens with one attached hydrogen (secondary N) is 1. The first-order valence-electron chi connectivity index (χ1n) is 5.99. The number of ether oxygens (including phenoxy) is 1. The van der Waals surface area contributed by atoms with Gasteiger partial charge >= 0.3 is 5.97 Å². The van der Waals surface area contributed by atoms with Gasteiger partial charge in [0.25, 0.3) is 5.91 Å². The van der Waals surface area contributed by atoms with Crippen LogP contribution in [0.3, 0.4) is 0 Å². The molecule has 106 valence electrons. The Morgan fingerprint density at radius 1 is 1.40 bits per heavy atom. The van der Waals surface area contributed by atoms with Gasteiger partial charge in [0.15, 0.2) is 5.54 Å². The van der Waals surface area contributed by atoms with E-state index in [1.165, 1.54) is 20.3 Å². The Morgan fingerprint density at radius 3 is 2.75 bits per heavy atom. The molecule has 1 heterocycles. The Morgan fingerprint density at radius 2 is 2.10 bits per heavy atom. The molecule has 1 atom stereocenters. The minimum atomic E-state index is -1.50. The zero-order chi connectivity index (χ0) is 14.8. The number of benzene rings is 1. The Kier molecular flexibility index (Phi) is 3.76. The van der Waals surface area contributed by atoms with Crippen LogP contribution in [0.4, 0.5) is 0 Å². The smallest absolute Gasteiger partial charge is 0.331 e. The van der Waals surface area contributed by atoms with Crippen molar-refractivity contribution in [3.63, 3.8) is 0 Å². The quantitative estimate of drug-likeness (QED) is 0.867. The highest BCUT2D eigenvalue weighted by molar-refractivity contribution is 6.07. The summed E-state index contributed by atoms with van der Waals surface area (Å²) in [7, 11) is 1.38. The van der Waals surface area contributed by atoms with Crippen molar-refractivity contribution in [3.8, 4) is 0 Å². The molecule has 0 aliphatic carbocycles. The number of fused-ring (bicyclic) bond motifs is 1. The molecule has 0 aliphatic rings. The molecule has 0 saturated heterocycles. The van der Waals surface area contributed by atoms with E-state index in [1.54, 1.807) is 24.3 Å². The van der Waals surface area contributed by atoms with Crippen LogP contribution in [0.15, 0.2) is 34.9 Å². The van der Waals surface area contributed by atoms with Gasteiger partial charge in [-0.2, -0.15) is 0 Å². The largest absolute Gasteiger partial charge is 0.479 e. The average molecular weight is 277 g/mol. The van der Waals surface area contributed by atoms with E-state index in [9.17, 15) is 14.7 Å². The number of aliphatic carboxylic acids is 1. The maximum absolute atomic E-state index is 12.2. The van der Waals surface area contributed by atoms with Crippen LogP contribution in [0.5, 0.6) is 0 Å². The summed E-state index contributed by atoms with van der Waals surface area (Å²) in [4.78, 5) is 23.5. The van der Waals surface area contributed by atoms with Crippen LogP contribution in [0.2, 0.25) is 0 Å². The number of para-hydroxylation sites is 1. The van der Waals surface area contributed by atoms with Crippen LogP contribution in [-0.4, -0.2) is 36.2 Å². The fourth-order valence-corrected chi connectivity index (χ4v) is 1.91. The van der Waals surface area contributed by atoms with Gasteiger partial charge in [0.05, 0.1) is 12.2 Å². The van der Waals surface area contributed by atoms with E-state index in [0.29, 0.717) is 16.5 Å². The Balaban J connectivity index is 2.29. The fourth-order valence-electron chi connectivity index (χ4n) is 1.91. The summed E-state index contributed by atoms with van der Waals surface area (Å²) in [5, 5.41) is 12.3. The second kappa shape index (κ2) is 5.34. The molecule has 1 aromatic heterocycles. The molecule has 0 saturated carbocycles. The third-order valence-electron chi connectivity index (χ3n) is 3.02. The maximum Gasteiger partial charge on any atom is 0.331 e. The molecule has 20 heavy (non-hydrogen) atoms. The Bertz CT molecular complexity index is 648. The second-order valence-electron chi connectivity index (χ2n) is 4.67. The van der Waals surface area contributed by atoms with Crippen LogP contribution in [0.25, 0.3) is 11.0 Å². The van der Waals surface area contributed by atoms with Crippen molar-refractivity contribution in [1.82, 2.24) is 5.32 Å². The van der Waals surface area contributed by atoms with Gasteiger partial charge in [-0.15, -0.1) is 0 Å². The molecule has 6 nitrogen and oxygen atoms in total. The van der Waals surface area contributed by atoms with Crippen LogP contribution in [-0.2, 0) is 9.53 Å². The number of carboxylic acid groups (broad SMARTS) is 1. The van der Waals surface area contributed by atoms with E-state index < -0.39 is 17.4 Å². The summed E-state index contributed by atoms with van der Waals surface area (Å²) < 4.78 is 10.1. The third kappa shape index (κ3) is 2.50. The van der Waals surface area contributed by atoms with Gasteiger partial charge < -0.3 is 19.6 Å². The number of carbonyl (C=O) groups is 2. The first-order valence-corrected chi connectivity index (χ1v) is 5.99. The number of hydrogen-bond donors (Lipinski definition) is 2. The monoisotopic (exact) mass is 277 g/mol. The van der Waals surface area contributed by atoms with Crippen LogP contribution in [0, 0.1) is 0 Å². The zero-order valence-electron chi connectivity index (χ0n) is 11.2. The van der Waals surface area contributed by atoms with Gasteiger partial charge in [0.1, 0.15) is 11.8 Å². The second-order valence-corrected chi connectivity index (χ2v) is 4.67. The van der Waals surface area contributed by atoms with Crippen molar-refractivity contribution in [1.29, 1.82) is 0 Å². The number of furan rings is 1. The van der Waals surface area contributed by atoms with Gasteiger partial charge in [-0.05, 0) is 13.0 Å². The molecule has 1 unspecified atom stereocenters. The lowest BCUT2D eigenvalue weighted by Crippen LogP contribution is -2.55. The Labute approximate surface area is 115 Å². The third-order valence-corrected chi connectivity index (χ3v) is 3.02. The molecule has 0 fully saturated rings. The number of carbonyl (C=O) groups excluding carboxylic acids is 1. The fraction of sp³-hybridized carbons (Fsp3) is 0.286. The first-order chi connectivity index (χ1) is 9.48. The van der Waals surface area contributed by atoms with Gasteiger partial charge in [0.2, 0.25) is 0 Å². The minimum Gasteiger partial charge on any atom is -0.479 e. The highest BCUT2D eigenvalue weighted by Gasteiger charge is 2.35. The summed E-state index contributed by atoms with van der Waals surface area (Å²) in [5.74, 6) is -1.68. The molecule has 2 aromatic rings. The van der Waals surface area contributed by atoms with Crippen molar-refractivity contribution < 1.29 is 23.8 Å². The molecule has 1 aromatic carbocycles. The van der Waals surface area contributed by atoms with Crippen molar-refractivity contribution in [2.45, 2.75) is 12.5 Å². The number of hydrogen-bond acceptors (Lipinski definition) is 4. The van der Waals surface area contributed by atoms with E-state index >= 15 is 0 Å². The van der Waals surface area contributed by atoms with Crippen LogP contribution in [0.1, 0.15) is 17.3 Å². The van der Waals surface area contributed by atoms with E-state index in [0.717, 1.165) is 0 Å². The number of amides is 1. The standard InChI is InChI=1S/C14H15NO5/c1-14(8-19-2,13(17)18)15-12(16)10-7-20-11-6-4-3-5-9(10)11/h3-7H,8H2,1-2H3,(H,15,16)(H,17,18). The van der Waals surface area contributed by atoms with Crippen molar-refractivity contribution >= 4 is 22.8 Å². The minimum absolute atomic E-state index is 0.135. The molecule has 2 rings (SSSR count). The highest BCUT2D eigenvalue weighted by atomic mass is 16.5. The molecule has 0 bridgehead atoms. The normalized spacial score (nSPS) is 13.9. The predicted octanol–water partition coefficient (Wildman–Crippen LogP) is 1.65. The van der Waals surface area contributed by atoms with Crippen molar-refractivity contribution in [2.24, 2.45) is 0 Å². The molecule has 6 heteroatoms. The molecular formula is C14H15NO5. The lowest BCUT2D eigenvalue weighted by atomic mass is 10.0. The summed E-state index contributed by atoms with van der Waals surface area (Å²) >= 11 is 0. The zero-order valence-corrected chi connectivity index (χ0v) is 11.2. The van der Waals surface area contributed by atoms with Gasteiger partial charge in [-0.25, -0.2) is 4.79 Å². The SMILES string of the molecule is COCC(C)(NC(=O)c1coc2ccccc12)C(=O)O. The maximum atomic E-state index is 12.2. The first kappa shape index (κ1) is 14.1. The van der Waals surface area contributed by atoms with Gasteiger partial charge in [-0.3, -0.25) is 4.79 Å². The number of rotatable bonds is 5. The van der Waals surface area contributed by atoms with E-state index in [2.05, 4.69) is 5.32 Å². The molecule has 0 aliphatic heterocycles. The van der Waals surface area contributed by atoms with Gasteiger partial charge in [0, 0.05) is 12.5 Å². The molecule has 0 radical (unpaired) electrons. The number of carboxylic acids is 1. The van der Waals surface area contributed by atoms with Crippen molar-refractivity contribution in [2.75, 3.05) is 13.7 Å². The molecule has 1 amide bonds. The lowest BCUT2D eigenvalue weighted by molar-refractivity contribution is -0.145. The van der Waals surface area contributed by atoms with Gasteiger partial charge in [-0.1, -0.05) is 18.2 Å².